The van der Waals surface area contributed by atoms with E-state index in [0.717, 1.165) is 5.56 Å². The van der Waals surface area contributed by atoms with Crippen molar-refractivity contribution in [3.63, 3.8) is 0 Å². The molecule has 1 N–H and O–H groups in total. The van der Waals surface area contributed by atoms with Gasteiger partial charge in [0.25, 0.3) is 0 Å². The molecular formula is C20H15FN4O2. The highest BCUT2D eigenvalue weighted by Crippen LogP contribution is 2.21. The van der Waals surface area contributed by atoms with Crippen molar-refractivity contribution in [2.75, 3.05) is 5.32 Å². The minimum absolute atomic E-state index is 0.137. The minimum Gasteiger partial charge on any atom is -0.444 e. The van der Waals surface area contributed by atoms with Gasteiger partial charge in [-0.2, -0.15) is 0 Å². The maximum absolute atomic E-state index is 14.6. The van der Waals surface area contributed by atoms with Gasteiger partial charge in [-0.3, -0.25) is 5.32 Å². The zero-order chi connectivity index (χ0) is 18.6. The van der Waals surface area contributed by atoms with E-state index in [1.165, 1.54) is 16.8 Å². The summed E-state index contributed by atoms with van der Waals surface area (Å²) in [5.41, 5.74) is 2.76. The SMILES string of the molecule is O=C(Nc1ccc(-n2nnc3ccccc32)c(F)c1)OCc1ccccc1. The van der Waals surface area contributed by atoms with Crippen LogP contribution in [0.4, 0.5) is 14.9 Å². The van der Waals surface area contributed by atoms with Crippen LogP contribution in [0.1, 0.15) is 5.56 Å². The first kappa shape index (κ1) is 16.7. The zero-order valence-corrected chi connectivity index (χ0v) is 14.2. The molecule has 0 aliphatic rings. The van der Waals surface area contributed by atoms with Crippen LogP contribution in [0.2, 0.25) is 0 Å². The van der Waals surface area contributed by atoms with Crippen molar-refractivity contribution in [2.45, 2.75) is 6.61 Å². The predicted octanol–water partition coefficient (Wildman–Crippen LogP) is 4.31. The number of aromatic nitrogens is 3. The molecule has 0 radical (unpaired) electrons. The van der Waals surface area contributed by atoms with E-state index < -0.39 is 11.9 Å². The lowest BCUT2D eigenvalue weighted by atomic mass is 10.2. The number of nitrogens with one attached hydrogen (secondary N) is 1. The molecule has 0 bridgehead atoms. The normalized spacial score (nSPS) is 10.7. The van der Waals surface area contributed by atoms with Crippen LogP contribution in [-0.4, -0.2) is 21.1 Å². The van der Waals surface area contributed by atoms with Gasteiger partial charge in [-0.15, -0.1) is 5.10 Å². The second-order valence-corrected chi connectivity index (χ2v) is 5.84. The Kier molecular flexibility index (Phi) is 4.49. The number of para-hydroxylation sites is 1. The van der Waals surface area contributed by atoms with E-state index in [0.29, 0.717) is 16.7 Å². The van der Waals surface area contributed by atoms with E-state index in [1.807, 2.05) is 48.5 Å². The third kappa shape index (κ3) is 3.62. The Labute approximate surface area is 154 Å². The lowest BCUT2D eigenvalue weighted by molar-refractivity contribution is 0.155. The number of amides is 1. The fourth-order valence-electron chi connectivity index (χ4n) is 2.68. The van der Waals surface area contributed by atoms with Gasteiger partial charge in [0.15, 0.2) is 5.82 Å². The summed E-state index contributed by atoms with van der Waals surface area (Å²) >= 11 is 0. The Bertz CT molecular complexity index is 1100. The Hall–Kier alpha value is -3.74. The number of anilines is 1. The molecular weight excluding hydrogens is 347 g/mol. The molecule has 7 heteroatoms. The first-order valence-electron chi connectivity index (χ1n) is 8.29. The molecule has 1 amide bonds. The van der Waals surface area contributed by atoms with Gasteiger partial charge in [-0.05, 0) is 35.9 Å². The summed E-state index contributed by atoms with van der Waals surface area (Å²) in [6.07, 6.45) is -0.655. The average Bonchev–Trinajstić information content (AvgIpc) is 3.11. The van der Waals surface area contributed by atoms with E-state index in [9.17, 15) is 9.18 Å². The molecule has 0 spiro atoms. The van der Waals surface area contributed by atoms with Crippen molar-refractivity contribution >= 4 is 22.8 Å². The van der Waals surface area contributed by atoms with E-state index in [-0.39, 0.29) is 12.3 Å². The maximum atomic E-state index is 14.6. The number of carbonyl (C=O) groups excluding carboxylic acids is 1. The van der Waals surface area contributed by atoms with Crippen LogP contribution in [0.25, 0.3) is 16.7 Å². The lowest BCUT2D eigenvalue weighted by Gasteiger charge is -2.09. The molecule has 1 aromatic heterocycles. The second kappa shape index (κ2) is 7.25. The summed E-state index contributed by atoms with van der Waals surface area (Å²) in [5, 5.41) is 10.5. The molecule has 6 nitrogen and oxygen atoms in total. The molecule has 3 aromatic carbocycles. The van der Waals surface area contributed by atoms with Crippen LogP contribution in [0, 0.1) is 5.82 Å². The molecule has 0 atom stereocenters. The number of rotatable bonds is 4. The zero-order valence-electron chi connectivity index (χ0n) is 14.2. The van der Waals surface area contributed by atoms with Crippen LogP contribution >= 0.6 is 0 Å². The molecule has 4 rings (SSSR count). The van der Waals surface area contributed by atoms with E-state index >= 15 is 0 Å². The quantitative estimate of drug-likeness (QED) is 0.587. The maximum Gasteiger partial charge on any atom is 0.411 e. The number of benzene rings is 3. The number of hydrogen-bond donors (Lipinski definition) is 1. The third-order valence-electron chi connectivity index (χ3n) is 3.99. The Morgan fingerprint density at radius 2 is 1.81 bits per heavy atom. The molecule has 0 saturated heterocycles. The van der Waals surface area contributed by atoms with E-state index in [4.69, 9.17) is 4.74 Å². The minimum atomic E-state index is -0.655. The number of ether oxygens (including phenoxy) is 1. The molecule has 0 aliphatic heterocycles. The van der Waals surface area contributed by atoms with Crippen molar-refractivity contribution in [2.24, 2.45) is 0 Å². The smallest absolute Gasteiger partial charge is 0.411 e. The van der Waals surface area contributed by atoms with Crippen molar-refractivity contribution < 1.29 is 13.9 Å². The molecule has 0 saturated carbocycles. The first-order valence-corrected chi connectivity index (χ1v) is 8.29. The highest BCUT2D eigenvalue weighted by atomic mass is 19.1. The second-order valence-electron chi connectivity index (χ2n) is 5.84. The number of hydrogen-bond acceptors (Lipinski definition) is 4. The topological polar surface area (TPSA) is 69.0 Å². The van der Waals surface area contributed by atoms with E-state index in [2.05, 4.69) is 15.6 Å². The van der Waals surface area contributed by atoms with Gasteiger partial charge >= 0.3 is 6.09 Å². The molecule has 0 aliphatic carbocycles. The summed E-state index contributed by atoms with van der Waals surface area (Å²) in [6.45, 7) is 0.137. The van der Waals surface area contributed by atoms with Crippen molar-refractivity contribution in [1.29, 1.82) is 0 Å². The highest BCUT2D eigenvalue weighted by molar-refractivity contribution is 5.85. The Morgan fingerprint density at radius 3 is 2.63 bits per heavy atom. The van der Waals surface area contributed by atoms with Crippen LogP contribution in [0.15, 0.2) is 72.8 Å². The summed E-state index contributed by atoms with van der Waals surface area (Å²) < 4.78 is 21.1. The van der Waals surface area contributed by atoms with Crippen LogP contribution < -0.4 is 5.32 Å². The van der Waals surface area contributed by atoms with Gasteiger partial charge in [-0.25, -0.2) is 13.9 Å². The van der Waals surface area contributed by atoms with E-state index in [1.54, 1.807) is 12.1 Å². The molecule has 0 fully saturated rings. The average molecular weight is 362 g/mol. The molecule has 1 heterocycles. The molecule has 134 valence electrons. The fourth-order valence-corrected chi connectivity index (χ4v) is 2.68. The van der Waals surface area contributed by atoms with Gasteiger partial charge in [0, 0.05) is 5.69 Å². The number of carbonyl (C=O) groups is 1. The van der Waals surface area contributed by atoms with Crippen molar-refractivity contribution in [3.8, 4) is 5.69 Å². The Morgan fingerprint density at radius 1 is 1.04 bits per heavy atom. The highest BCUT2D eigenvalue weighted by Gasteiger charge is 2.12. The predicted molar refractivity (Wildman–Crippen MR) is 99.1 cm³/mol. The monoisotopic (exact) mass is 362 g/mol. The fraction of sp³-hybridized carbons (Fsp3) is 0.0500. The number of halogens is 1. The lowest BCUT2D eigenvalue weighted by Crippen LogP contribution is -2.14. The largest absolute Gasteiger partial charge is 0.444 e. The Balaban J connectivity index is 1.48. The molecule has 27 heavy (non-hydrogen) atoms. The van der Waals surface area contributed by atoms with Crippen molar-refractivity contribution in [1.82, 2.24) is 15.0 Å². The standard InChI is InChI=1S/C20H15FN4O2/c21-16-12-15(22-20(26)27-13-14-6-2-1-3-7-14)10-11-18(16)25-19-9-5-4-8-17(19)23-24-25/h1-12H,13H2,(H,22,26). The van der Waals surface area contributed by atoms with Gasteiger partial charge in [0.2, 0.25) is 0 Å². The van der Waals surface area contributed by atoms with Crippen molar-refractivity contribution in [3.05, 3.63) is 84.2 Å². The first-order chi connectivity index (χ1) is 13.2. The van der Waals surface area contributed by atoms with Crippen LogP contribution in [-0.2, 0) is 11.3 Å². The van der Waals surface area contributed by atoms with Gasteiger partial charge in [-0.1, -0.05) is 47.7 Å². The molecule has 0 unspecified atom stereocenters. The van der Waals surface area contributed by atoms with Gasteiger partial charge < -0.3 is 4.74 Å². The number of fused-ring (bicyclic) bond motifs is 1. The summed E-state index contributed by atoms with van der Waals surface area (Å²) in [6, 6.07) is 20.9. The summed E-state index contributed by atoms with van der Waals surface area (Å²) in [5.74, 6) is -0.536. The molecule has 4 aromatic rings. The third-order valence-corrected chi connectivity index (χ3v) is 3.99. The number of nitrogens with zero attached hydrogens (tertiary/aromatic N) is 3. The summed E-state index contributed by atoms with van der Waals surface area (Å²) in [7, 11) is 0. The summed E-state index contributed by atoms with van der Waals surface area (Å²) in [4.78, 5) is 11.9. The van der Waals surface area contributed by atoms with Crippen LogP contribution in [0.3, 0.4) is 0 Å². The van der Waals surface area contributed by atoms with Gasteiger partial charge in [0.1, 0.15) is 17.8 Å². The van der Waals surface area contributed by atoms with Crippen LogP contribution in [0.5, 0.6) is 0 Å². The van der Waals surface area contributed by atoms with Gasteiger partial charge in [0.05, 0.1) is 5.52 Å².